The van der Waals surface area contributed by atoms with Gasteiger partial charge in [-0.2, -0.15) is 13.2 Å². The topological polar surface area (TPSA) is 50.2 Å². The van der Waals surface area contributed by atoms with Crippen LogP contribution < -0.4 is 0 Å². The summed E-state index contributed by atoms with van der Waals surface area (Å²) in [5.74, 6) is -1.55. The molecule has 120 valence electrons. The van der Waals surface area contributed by atoms with E-state index >= 15 is 0 Å². The molecule has 0 bridgehead atoms. The highest BCUT2D eigenvalue weighted by Gasteiger charge is 2.34. The molecule has 2 aromatic rings. The number of halogens is 3. The van der Waals surface area contributed by atoms with Crippen LogP contribution in [0.2, 0.25) is 0 Å². The van der Waals surface area contributed by atoms with Crippen molar-refractivity contribution in [2.24, 2.45) is 0 Å². The quantitative estimate of drug-likeness (QED) is 0.898. The first-order valence-corrected chi connectivity index (χ1v) is 7.27. The standard InChI is InChI=1S/C17H14F3NO2/c18-17(19,20)13-6-2-1-4-12(13)15-9-8-10-11(16(22)23)5-3-7-14(10)21-15/h1-2,4,6,8-9,11H,3,5,7H2,(H,22,23). The molecule has 0 aliphatic heterocycles. The predicted octanol–water partition coefficient (Wildman–Crippen LogP) is 4.27. The highest BCUT2D eigenvalue weighted by Crippen LogP contribution is 2.38. The number of fused-ring (bicyclic) bond motifs is 1. The number of aromatic nitrogens is 1. The second-order valence-electron chi connectivity index (χ2n) is 5.56. The van der Waals surface area contributed by atoms with Gasteiger partial charge >= 0.3 is 12.1 Å². The van der Waals surface area contributed by atoms with E-state index in [0.29, 0.717) is 30.5 Å². The fraction of sp³-hybridized carbons (Fsp3) is 0.294. The van der Waals surface area contributed by atoms with Crippen LogP contribution in [-0.2, 0) is 17.4 Å². The molecule has 1 heterocycles. The SMILES string of the molecule is O=C(O)C1CCCc2nc(-c3ccccc3C(F)(F)F)ccc21. The zero-order valence-electron chi connectivity index (χ0n) is 12.1. The van der Waals surface area contributed by atoms with Crippen LogP contribution in [0.25, 0.3) is 11.3 Å². The van der Waals surface area contributed by atoms with Crippen molar-refractivity contribution in [3.8, 4) is 11.3 Å². The smallest absolute Gasteiger partial charge is 0.417 e. The van der Waals surface area contributed by atoms with Gasteiger partial charge in [0.1, 0.15) is 0 Å². The average molecular weight is 321 g/mol. The van der Waals surface area contributed by atoms with Crippen molar-refractivity contribution < 1.29 is 23.1 Å². The maximum absolute atomic E-state index is 13.1. The normalized spacial score (nSPS) is 17.6. The molecule has 1 atom stereocenters. The van der Waals surface area contributed by atoms with Crippen molar-refractivity contribution in [2.45, 2.75) is 31.4 Å². The largest absolute Gasteiger partial charge is 0.481 e. The summed E-state index contributed by atoms with van der Waals surface area (Å²) in [4.78, 5) is 15.6. The highest BCUT2D eigenvalue weighted by molar-refractivity contribution is 5.77. The Morgan fingerprint density at radius 3 is 2.61 bits per heavy atom. The molecule has 23 heavy (non-hydrogen) atoms. The van der Waals surface area contributed by atoms with Gasteiger partial charge < -0.3 is 5.11 Å². The summed E-state index contributed by atoms with van der Waals surface area (Å²) in [5.41, 5.74) is 0.691. The summed E-state index contributed by atoms with van der Waals surface area (Å²) >= 11 is 0. The fourth-order valence-electron chi connectivity index (χ4n) is 3.02. The number of hydrogen-bond donors (Lipinski definition) is 1. The lowest BCUT2D eigenvalue weighted by Gasteiger charge is -2.22. The number of carboxylic acid groups (broad SMARTS) is 1. The Kier molecular flexibility index (Phi) is 3.83. The Morgan fingerprint density at radius 1 is 1.17 bits per heavy atom. The van der Waals surface area contributed by atoms with Crippen LogP contribution in [-0.4, -0.2) is 16.1 Å². The van der Waals surface area contributed by atoms with Gasteiger partial charge in [0.2, 0.25) is 0 Å². The summed E-state index contributed by atoms with van der Waals surface area (Å²) in [7, 11) is 0. The molecule has 3 rings (SSSR count). The lowest BCUT2D eigenvalue weighted by atomic mass is 9.85. The van der Waals surface area contributed by atoms with E-state index in [-0.39, 0.29) is 11.3 Å². The number of aryl methyl sites for hydroxylation is 1. The predicted molar refractivity (Wildman–Crippen MR) is 78.0 cm³/mol. The molecule has 1 N–H and O–H groups in total. The molecular weight excluding hydrogens is 307 g/mol. The zero-order valence-corrected chi connectivity index (χ0v) is 12.1. The van der Waals surface area contributed by atoms with Crippen LogP contribution in [0.3, 0.4) is 0 Å². The second-order valence-corrected chi connectivity index (χ2v) is 5.56. The van der Waals surface area contributed by atoms with E-state index in [1.54, 1.807) is 6.07 Å². The van der Waals surface area contributed by atoms with Gasteiger partial charge in [0.15, 0.2) is 0 Å². The van der Waals surface area contributed by atoms with E-state index in [4.69, 9.17) is 0 Å². The summed E-state index contributed by atoms with van der Waals surface area (Å²) in [6, 6.07) is 8.36. The van der Waals surface area contributed by atoms with Crippen LogP contribution in [0.5, 0.6) is 0 Å². The van der Waals surface area contributed by atoms with E-state index in [1.165, 1.54) is 24.3 Å². The summed E-state index contributed by atoms with van der Waals surface area (Å²) < 4.78 is 39.4. The van der Waals surface area contributed by atoms with Crippen molar-refractivity contribution >= 4 is 5.97 Å². The van der Waals surface area contributed by atoms with Crippen molar-refractivity contribution in [1.29, 1.82) is 0 Å². The number of alkyl halides is 3. The monoisotopic (exact) mass is 321 g/mol. The molecule has 0 amide bonds. The van der Waals surface area contributed by atoms with Crippen molar-refractivity contribution in [2.75, 3.05) is 0 Å². The van der Waals surface area contributed by atoms with Gasteiger partial charge in [-0.15, -0.1) is 0 Å². The Balaban J connectivity index is 2.09. The zero-order chi connectivity index (χ0) is 16.6. The minimum absolute atomic E-state index is 0.0141. The number of nitrogens with zero attached hydrogens (tertiary/aromatic N) is 1. The lowest BCUT2D eigenvalue weighted by molar-refractivity contribution is -0.139. The molecule has 6 heteroatoms. The third-order valence-electron chi connectivity index (χ3n) is 4.10. The minimum Gasteiger partial charge on any atom is -0.481 e. The third kappa shape index (κ3) is 2.93. The number of pyridine rings is 1. The van der Waals surface area contributed by atoms with Crippen LogP contribution >= 0.6 is 0 Å². The van der Waals surface area contributed by atoms with Gasteiger partial charge in [-0.3, -0.25) is 9.78 Å². The molecule has 3 nitrogen and oxygen atoms in total. The average Bonchev–Trinajstić information content (AvgIpc) is 2.53. The Morgan fingerprint density at radius 2 is 1.91 bits per heavy atom. The molecule has 0 spiro atoms. The first kappa shape index (κ1) is 15.5. The molecular formula is C17H14F3NO2. The molecule has 1 unspecified atom stereocenters. The molecule has 0 radical (unpaired) electrons. The number of aliphatic carboxylic acids is 1. The lowest BCUT2D eigenvalue weighted by Crippen LogP contribution is -2.19. The van der Waals surface area contributed by atoms with Gasteiger partial charge in [0.05, 0.1) is 17.2 Å². The van der Waals surface area contributed by atoms with E-state index in [2.05, 4.69) is 4.98 Å². The molecule has 1 aliphatic carbocycles. The number of benzene rings is 1. The third-order valence-corrected chi connectivity index (χ3v) is 4.10. The van der Waals surface area contributed by atoms with Gasteiger partial charge in [0.25, 0.3) is 0 Å². The van der Waals surface area contributed by atoms with Crippen LogP contribution in [0, 0.1) is 0 Å². The van der Waals surface area contributed by atoms with Crippen LogP contribution in [0.4, 0.5) is 13.2 Å². The molecule has 0 saturated carbocycles. The van der Waals surface area contributed by atoms with E-state index in [0.717, 1.165) is 6.07 Å². The molecule has 0 fully saturated rings. The summed E-state index contributed by atoms with van der Waals surface area (Å²) in [6.45, 7) is 0. The van der Waals surface area contributed by atoms with E-state index < -0.39 is 23.6 Å². The van der Waals surface area contributed by atoms with Crippen LogP contribution in [0.15, 0.2) is 36.4 Å². The van der Waals surface area contributed by atoms with Gasteiger partial charge in [0, 0.05) is 11.3 Å². The van der Waals surface area contributed by atoms with Gasteiger partial charge in [-0.1, -0.05) is 24.3 Å². The first-order valence-electron chi connectivity index (χ1n) is 7.27. The summed E-state index contributed by atoms with van der Waals surface area (Å²) in [5, 5.41) is 9.25. The fourth-order valence-corrected chi connectivity index (χ4v) is 3.02. The van der Waals surface area contributed by atoms with E-state index in [9.17, 15) is 23.1 Å². The molecule has 1 aliphatic rings. The number of carbonyl (C=O) groups is 1. The van der Waals surface area contributed by atoms with Crippen LogP contribution in [0.1, 0.15) is 35.6 Å². The van der Waals surface area contributed by atoms with Crippen molar-refractivity contribution in [3.63, 3.8) is 0 Å². The minimum atomic E-state index is -4.46. The molecule has 1 aromatic carbocycles. The molecule has 0 saturated heterocycles. The van der Waals surface area contributed by atoms with Gasteiger partial charge in [-0.05, 0) is 37.0 Å². The number of hydrogen-bond acceptors (Lipinski definition) is 2. The second kappa shape index (κ2) is 5.68. The van der Waals surface area contributed by atoms with Crippen molar-refractivity contribution in [1.82, 2.24) is 4.98 Å². The summed E-state index contributed by atoms with van der Waals surface area (Å²) in [6.07, 6.45) is -2.68. The van der Waals surface area contributed by atoms with E-state index in [1.807, 2.05) is 0 Å². The highest BCUT2D eigenvalue weighted by atomic mass is 19.4. The van der Waals surface area contributed by atoms with Crippen molar-refractivity contribution in [3.05, 3.63) is 53.2 Å². The Hall–Kier alpha value is -2.37. The number of carboxylic acids is 1. The number of rotatable bonds is 2. The maximum Gasteiger partial charge on any atom is 0.417 e. The first-order chi connectivity index (χ1) is 10.9. The Bertz CT molecular complexity index is 756. The Labute approximate surface area is 130 Å². The molecule has 1 aromatic heterocycles. The maximum atomic E-state index is 13.1. The van der Waals surface area contributed by atoms with Gasteiger partial charge in [-0.25, -0.2) is 0 Å².